The van der Waals surface area contributed by atoms with Crippen molar-refractivity contribution in [1.29, 1.82) is 0 Å². The zero-order valence-corrected chi connectivity index (χ0v) is 11.6. The summed E-state index contributed by atoms with van der Waals surface area (Å²) in [6.07, 6.45) is 1.88. The summed E-state index contributed by atoms with van der Waals surface area (Å²) in [6, 6.07) is 6.73. The van der Waals surface area contributed by atoms with Gasteiger partial charge in [-0.25, -0.2) is 4.79 Å². The van der Waals surface area contributed by atoms with E-state index in [1.807, 2.05) is 0 Å². The molecule has 7 nitrogen and oxygen atoms in total. The monoisotopic (exact) mass is 288 g/mol. The molecule has 1 heterocycles. The third-order valence-electron chi connectivity index (χ3n) is 2.95. The maximum absolute atomic E-state index is 11.9. The van der Waals surface area contributed by atoms with Crippen molar-refractivity contribution in [2.45, 2.75) is 19.9 Å². The fourth-order valence-electron chi connectivity index (χ4n) is 1.90. The molecule has 0 fully saturated rings. The molecule has 1 aromatic heterocycles. The lowest BCUT2D eigenvalue weighted by molar-refractivity contribution is -0.116. The summed E-state index contributed by atoms with van der Waals surface area (Å²) in [5.41, 5.74) is 6.12. The number of aromatic amines is 1. The topological polar surface area (TPSA) is 110 Å². The van der Waals surface area contributed by atoms with E-state index in [1.54, 1.807) is 31.2 Å². The number of carbonyl (C=O) groups excluding carboxylic acids is 1. The second-order valence-corrected chi connectivity index (χ2v) is 4.57. The number of anilines is 2. The standard InChI is InChI=1S/C14H16N4O3/c1-2-9-7-18(14(21)17-13(9)20)8-12(19)16-11-5-3-4-10(15)6-11/h3-7H,2,8,15H2,1H3,(H,16,19)(H,17,20,21). The van der Waals surface area contributed by atoms with Crippen LogP contribution in [0, 0.1) is 0 Å². The minimum atomic E-state index is -0.611. The zero-order chi connectivity index (χ0) is 15.4. The van der Waals surface area contributed by atoms with Crippen molar-refractivity contribution in [2.24, 2.45) is 0 Å². The minimum absolute atomic E-state index is 0.183. The van der Waals surface area contributed by atoms with Crippen molar-refractivity contribution in [1.82, 2.24) is 9.55 Å². The van der Waals surface area contributed by atoms with Crippen molar-refractivity contribution >= 4 is 17.3 Å². The maximum Gasteiger partial charge on any atom is 0.328 e. The average molecular weight is 288 g/mol. The Morgan fingerprint density at radius 3 is 2.81 bits per heavy atom. The minimum Gasteiger partial charge on any atom is -0.399 e. The normalized spacial score (nSPS) is 10.3. The van der Waals surface area contributed by atoms with E-state index < -0.39 is 11.2 Å². The molecular formula is C14H16N4O3. The molecule has 7 heteroatoms. The van der Waals surface area contributed by atoms with Crippen LogP contribution in [-0.4, -0.2) is 15.5 Å². The molecule has 0 bridgehead atoms. The number of benzene rings is 1. The highest BCUT2D eigenvalue weighted by atomic mass is 16.2. The lowest BCUT2D eigenvalue weighted by Crippen LogP contribution is -2.34. The number of nitrogen functional groups attached to an aromatic ring is 1. The first-order valence-electron chi connectivity index (χ1n) is 6.47. The molecule has 0 spiro atoms. The van der Waals surface area contributed by atoms with Crippen LogP contribution in [0.3, 0.4) is 0 Å². The third-order valence-corrected chi connectivity index (χ3v) is 2.95. The maximum atomic E-state index is 11.9. The molecule has 0 aliphatic rings. The number of hydrogen-bond acceptors (Lipinski definition) is 4. The van der Waals surface area contributed by atoms with Gasteiger partial charge in [-0.3, -0.25) is 19.1 Å². The fourth-order valence-corrected chi connectivity index (χ4v) is 1.90. The van der Waals surface area contributed by atoms with Gasteiger partial charge in [-0.05, 0) is 24.6 Å². The first kappa shape index (κ1) is 14.6. The molecule has 4 N–H and O–H groups in total. The number of rotatable bonds is 4. The van der Waals surface area contributed by atoms with Gasteiger partial charge in [0.15, 0.2) is 0 Å². The highest BCUT2D eigenvalue weighted by Crippen LogP contribution is 2.11. The Morgan fingerprint density at radius 2 is 2.14 bits per heavy atom. The molecule has 0 saturated heterocycles. The molecule has 0 unspecified atom stereocenters. The molecule has 0 atom stereocenters. The number of H-pyrrole nitrogens is 1. The van der Waals surface area contributed by atoms with Crippen molar-refractivity contribution in [3.63, 3.8) is 0 Å². The Hall–Kier alpha value is -2.83. The Kier molecular flexibility index (Phi) is 4.22. The third kappa shape index (κ3) is 3.59. The van der Waals surface area contributed by atoms with E-state index in [0.29, 0.717) is 23.4 Å². The van der Waals surface area contributed by atoms with Crippen LogP contribution in [0.15, 0.2) is 40.1 Å². The number of nitrogens with two attached hydrogens (primary N) is 1. The molecule has 2 rings (SSSR count). The Morgan fingerprint density at radius 1 is 1.38 bits per heavy atom. The summed E-state index contributed by atoms with van der Waals surface area (Å²) < 4.78 is 1.17. The fraction of sp³-hybridized carbons (Fsp3) is 0.214. The molecule has 2 aromatic rings. The smallest absolute Gasteiger partial charge is 0.328 e. The predicted octanol–water partition coefficient (Wildman–Crippen LogP) is 0.320. The summed E-state index contributed by atoms with van der Waals surface area (Å²) in [5.74, 6) is -0.378. The van der Waals surface area contributed by atoms with Crippen molar-refractivity contribution in [3.8, 4) is 0 Å². The molecule has 1 amide bonds. The van der Waals surface area contributed by atoms with Gasteiger partial charge in [0, 0.05) is 23.1 Å². The molecular weight excluding hydrogens is 272 g/mol. The van der Waals surface area contributed by atoms with Gasteiger partial charge in [-0.2, -0.15) is 0 Å². The molecule has 0 saturated carbocycles. The largest absolute Gasteiger partial charge is 0.399 e. The molecule has 21 heavy (non-hydrogen) atoms. The second-order valence-electron chi connectivity index (χ2n) is 4.57. The van der Waals surface area contributed by atoms with E-state index in [2.05, 4.69) is 10.3 Å². The Labute approximate surface area is 120 Å². The van der Waals surface area contributed by atoms with Gasteiger partial charge in [0.2, 0.25) is 5.91 Å². The highest BCUT2D eigenvalue weighted by molar-refractivity contribution is 5.90. The lowest BCUT2D eigenvalue weighted by atomic mass is 10.2. The van der Waals surface area contributed by atoms with Crippen molar-refractivity contribution in [2.75, 3.05) is 11.1 Å². The van der Waals surface area contributed by atoms with Crippen LogP contribution in [0.2, 0.25) is 0 Å². The van der Waals surface area contributed by atoms with Gasteiger partial charge in [0.25, 0.3) is 5.56 Å². The van der Waals surface area contributed by atoms with Gasteiger partial charge >= 0.3 is 5.69 Å². The number of amides is 1. The first-order chi connectivity index (χ1) is 9.99. The van der Waals surface area contributed by atoms with E-state index in [1.165, 1.54) is 10.8 Å². The van der Waals surface area contributed by atoms with E-state index >= 15 is 0 Å². The van der Waals surface area contributed by atoms with Crippen LogP contribution in [-0.2, 0) is 17.8 Å². The summed E-state index contributed by atoms with van der Waals surface area (Å²) in [6.45, 7) is 1.61. The number of aryl methyl sites for hydroxylation is 1. The average Bonchev–Trinajstić information content (AvgIpc) is 2.41. The first-order valence-corrected chi connectivity index (χ1v) is 6.47. The number of carbonyl (C=O) groups is 1. The quantitative estimate of drug-likeness (QED) is 0.704. The molecule has 1 aromatic carbocycles. The van der Waals surface area contributed by atoms with Crippen LogP contribution >= 0.6 is 0 Å². The van der Waals surface area contributed by atoms with Crippen molar-refractivity contribution < 1.29 is 4.79 Å². The molecule has 0 radical (unpaired) electrons. The van der Waals surface area contributed by atoms with E-state index in [-0.39, 0.29) is 12.5 Å². The van der Waals surface area contributed by atoms with Gasteiger partial charge in [0.05, 0.1) is 0 Å². The van der Waals surface area contributed by atoms with E-state index in [9.17, 15) is 14.4 Å². The van der Waals surface area contributed by atoms with Gasteiger partial charge in [0.1, 0.15) is 6.54 Å². The molecule has 0 aliphatic heterocycles. The van der Waals surface area contributed by atoms with Crippen molar-refractivity contribution in [3.05, 3.63) is 56.9 Å². The molecule has 0 aliphatic carbocycles. The Bertz CT molecular complexity index is 776. The Balaban J connectivity index is 2.16. The summed E-state index contributed by atoms with van der Waals surface area (Å²) in [5, 5.41) is 2.64. The van der Waals surface area contributed by atoms with Gasteiger partial charge in [-0.1, -0.05) is 13.0 Å². The second kappa shape index (κ2) is 6.08. The van der Waals surface area contributed by atoms with Crippen LogP contribution in [0.4, 0.5) is 11.4 Å². The van der Waals surface area contributed by atoms with Crippen LogP contribution < -0.4 is 22.3 Å². The van der Waals surface area contributed by atoms with Gasteiger partial charge < -0.3 is 11.1 Å². The number of nitrogens with one attached hydrogen (secondary N) is 2. The summed E-state index contributed by atoms with van der Waals surface area (Å²) in [7, 11) is 0. The van der Waals surface area contributed by atoms with E-state index in [0.717, 1.165) is 0 Å². The van der Waals surface area contributed by atoms with Gasteiger partial charge in [-0.15, -0.1) is 0 Å². The molecule has 110 valence electrons. The van der Waals surface area contributed by atoms with Crippen LogP contribution in [0.25, 0.3) is 0 Å². The lowest BCUT2D eigenvalue weighted by Gasteiger charge is -2.08. The SMILES string of the molecule is CCc1cn(CC(=O)Nc2cccc(N)c2)c(=O)[nH]c1=O. The predicted molar refractivity (Wildman–Crippen MR) is 80.2 cm³/mol. The van der Waals surface area contributed by atoms with Crippen LogP contribution in [0.1, 0.15) is 12.5 Å². The number of hydrogen-bond donors (Lipinski definition) is 3. The zero-order valence-electron chi connectivity index (χ0n) is 11.6. The number of aromatic nitrogens is 2. The summed E-state index contributed by atoms with van der Waals surface area (Å²) in [4.78, 5) is 37.2. The highest BCUT2D eigenvalue weighted by Gasteiger charge is 2.08. The van der Waals surface area contributed by atoms with E-state index in [4.69, 9.17) is 5.73 Å². The number of nitrogens with zero attached hydrogens (tertiary/aromatic N) is 1. The summed E-state index contributed by atoms with van der Waals surface area (Å²) >= 11 is 0. The van der Waals surface area contributed by atoms with Crippen LogP contribution in [0.5, 0.6) is 0 Å².